The summed E-state index contributed by atoms with van der Waals surface area (Å²) in [4.78, 5) is 33.6. The number of aromatic nitrogens is 4. The van der Waals surface area contributed by atoms with Crippen LogP contribution in [0.5, 0.6) is 0 Å². The summed E-state index contributed by atoms with van der Waals surface area (Å²) in [5.74, 6) is -0.408. The fraction of sp³-hybridized carbons (Fsp3) is 0.333. The molecule has 0 aliphatic carbocycles. The van der Waals surface area contributed by atoms with Gasteiger partial charge in [0.2, 0.25) is 0 Å². The second kappa shape index (κ2) is 8.92. The van der Waals surface area contributed by atoms with E-state index in [1.165, 1.54) is 16.0 Å². The van der Waals surface area contributed by atoms with E-state index < -0.39 is 5.91 Å². The minimum absolute atomic E-state index is 0.0910. The van der Waals surface area contributed by atoms with E-state index in [0.717, 1.165) is 30.9 Å². The Kier molecular flexibility index (Phi) is 6.05. The monoisotopic (exact) mass is 432 g/mol. The van der Waals surface area contributed by atoms with Crippen molar-refractivity contribution in [2.45, 2.75) is 40.3 Å². The number of carbonyl (C=O) groups excluding carboxylic acids is 1. The van der Waals surface area contributed by atoms with Gasteiger partial charge in [-0.1, -0.05) is 32.9 Å². The summed E-state index contributed by atoms with van der Waals surface area (Å²) in [6.07, 6.45) is 6.69. The molecule has 8 nitrogen and oxygen atoms in total. The smallest absolute Gasteiger partial charge is 0.270 e. The fourth-order valence-electron chi connectivity index (χ4n) is 3.38. The van der Waals surface area contributed by atoms with Gasteiger partial charge in [0.25, 0.3) is 11.5 Å². The van der Waals surface area contributed by atoms with Gasteiger partial charge in [-0.15, -0.1) is 0 Å². The van der Waals surface area contributed by atoms with Crippen molar-refractivity contribution in [3.05, 3.63) is 82.3 Å². The molecule has 0 bridgehead atoms. The average Bonchev–Trinajstić information content (AvgIpc) is 3.19. The van der Waals surface area contributed by atoms with E-state index >= 15 is 0 Å². The lowest BCUT2D eigenvalue weighted by atomic mass is 9.90. The number of amides is 1. The van der Waals surface area contributed by atoms with Crippen LogP contribution in [0.2, 0.25) is 0 Å². The predicted molar refractivity (Wildman–Crippen MR) is 124 cm³/mol. The molecule has 166 valence electrons. The van der Waals surface area contributed by atoms with Crippen LogP contribution in [0.25, 0.3) is 11.3 Å². The van der Waals surface area contributed by atoms with Crippen LogP contribution in [0, 0.1) is 5.41 Å². The Balaban J connectivity index is 1.41. The van der Waals surface area contributed by atoms with Crippen LogP contribution in [-0.4, -0.2) is 31.2 Å². The third-order valence-corrected chi connectivity index (χ3v) is 5.69. The van der Waals surface area contributed by atoms with E-state index in [2.05, 4.69) is 47.4 Å². The number of nitrogens with zero attached hydrogens (tertiary/aromatic N) is 4. The molecule has 0 fully saturated rings. The van der Waals surface area contributed by atoms with Gasteiger partial charge >= 0.3 is 0 Å². The molecule has 0 radical (unpaired) electrons. The molecule has 0 aromatic carbocycles. The second-order valence-electron chi connectivity index (χ2n) is 8.75. The largest absolute Gasteiger partial charge is 0.345 e. The van der Waals surface area contributed by atoms with Crippen LogP contribution >= 0.6 is 0 Å². The van der Waals surface area contributed by atoms with Crippen LogP contribution in [0.15, 0.2) is 59.8 Å². The number of nitrogens with one attached hydrogen (secondary N) is 2. The van der Waals surface area contributed by atoms with Gasteiger partial charge in [-0.2, -0.15) is 0 Å². The van der Waals surface area contributed by atoms with E-state index in [1.54, 1.807) is 24.4 Å². The third kappa shape index (κ3) is 4.86. The quantitative estimate of drug-likeness (QED) is 0.447. The highest BCUT2D eigenvalue weighted by Crippen LogP contribution is 2.18. The molecule has 8 heteroatoms. The fourth-order valence-corrected chi connectivity index (χ4v) is 3.38. The van der Waals surface area contributed by atoms with Crippen LogP contribution in [0.3, 0.4) is 0 Å². The lowest BCUT2D eigenvalue weighted by Gasteiger charge is -2.22. The molecular weight excluding hydrogens is 404 g/mol. The molecule has 0 saturated carbocycles. The minimum atomic E-state index is -0.408. The zero-order valence-corrected chi connectivity index (χ0v) is 18.6. The van der Waals surface area contributed by atoms with E-state index in [-0.39, 0.29) is 23.2 Å². The van der Waals surface area contributed by atoms with Gasteiger partial charge in [0.05, 0.1) is 12.2 Å². The lowest BCUT2D eigenvalue weighted by molar-refractivity contribution is 0.0945. The van der Waals surface area contributed by atoms with Crippen molar-refractivity contribution in [2.75, 3.05) is 6.54 Å². The number of hydrogen-bond donors (Lipinski definition) is 2. The number of fused-ring (bicyclic) bond motifs is 2. The van der Waals surface area contributed by atoms with Crippen molar-refractivity contribution in [2.24, 2.45) is 5.41 Å². The van der Waals surface area contributed by atoms with Crippen LogP contribution in [0.1, 0.15) is 48.9 Å². The topological polar surface area (TPSA) is 92.8 Å². The molecule has 0 atom stereocenters. The maximum absolute atomic E-state index is 12.5. The zero-order chi connectivity index (χ0) is 22.7. The molecule has 1 amide bonds. The number of pyridine rings is 2. The highest BCUT2D eigenvalue weighted by Gasteiger charge is 2.14. The molecule has 0 spiro atoms. The first kappa shape index (κ1) is 21.7. The van der Waals surface area contributed by atoms with E-state index in [0.29, 0.717) is 5.65 Å². The second-order valence-corrected chi connectivity index (χ2v) is 8.75. The van der Waals surface area contributed by atoms with Crippen LogP contribution in [0.4, 0.5) is 0 Å². The molecular formula is C24H28N6O2. The number of imidazole rings is 1. The first-order chi connectivity index (χ1) is 15.3. The molecule has 4 aromatic rings. The molecule has 4 heterocycles. The van der Waals surface area contributed by atoms with Crippen molar-refractivity contribution < 1.29 is 4.79 Å². The van der Waals surface area contributed by atoms with E-state index in [4.69, 9.17) is 0 Å². The summed E-state index contributed by atoms with van der Waals surface area (Å²) in [5, 5.41) is 6.32. The molecule has 2 N–H and O–H groups in total. The maximum atomic E-state index is 12.5. The first-order valence-electron chi connectivity index (χ1n) is 10.8. The molecule has 0 unspecified atom stereocenters. The minimum Gasteiger partial charge on any atom is -0.345 e. The Morgan fingerprint density at radius 1 is 1.06 bits per heavy atom. The van der Waals surface area contributed by atoms with Gasteiger partial charge in [0.15, 0.2) is 0 Å². The van der Waals surface area contributed by atoms with E-state index in [1.807, 2.05) is 22.9 Å². The normalized spacial score (nSPS) is 11.8. The summed E-state index contributed by atoms with van der Waals surface area (Å²) in [6, 6.07) is 10.5. The van der Waals surface area contributed by atoms with Gasteiger partial charge in [-0.25, -0.2) is 9.97 Å². The highest BCUT2D eigenvalue weighted by atomic mass is 16.2. The standard InChI is InChI=1S/C24H28N6O2/c1-4-24(2,3)16-25-12-17-8-9-20-27-18(15-29(20)14-17)13-26-23(32)19-11-22(31)30-10-6-5-7-21(30)28-19/h5-11,14-15,25H,4,12-13,16H2,1-3H3,(H,26,32). The first-order valence-corrected chi connectivity index (χ1v) is 10.8. The number of rotatable bonds is 8. The Labute approximate surface area is 186 Å². The lowest BCUT2D eigenvalue weighted by Crippen LogP contribution is -2.28. The summed E-state index contributed by atoms with van der Waals surface area (Å²) in [5.41, 5.74) is 3.21. The van der Waals surface area contributed by atoms with Gasteiger partial charge in [0.1, 0.15) is 17.0 Å². The summed E-state index contributed by atoms with van der Waals surface area (Å²) in [6.45, 7) is 8.69. The summed E-state index contributed by atoms with van der Waals surface area (Å²) >= 11 is 0. The van der Waals surface area contributed by atoms with Gasteiger partial charge in [-0.05, 0) is 35.6 Å². The predicted octanol–water partition coefficient (Wildman–Crippen LogP) is 2.80. The Hall–Kier alpha value is -3.52. The zero-order valence-electron chi connectivity index (χ0n) is 18.6. The molecule has 4 aromatic heterocycles. The van der Waals surface area contributed by atoms with Crippen molar-refractivity contribution >= 4 is 17.2 Å². The Morgan fingerprint density at radius 3 is 2.72 bits per heavy atom. The molecule has 0 aliphatic rings. The molecule has 0 saturated heterocycles. The molecule has 32 heavy (non-hydrogen) atoms. The van der Waals surface area contributed by atoms with Crippen molar-refractivity contribution in [3.8, 4) is 0 Å². The maximum Gasteiger partial charge on any atom is 0.270 e. The summed E-state index contributed by atoms with van der Waals surface area (Å²) in [7, 11) is 0. The van der Waals surface area contributed by atoms with Crippen molar-refractivity contribution in [1.29, 1.82) is 0 Å². The highest BCUT2D eigenvalue weighted by molar-refractivity contribution is 5.92. The van der Waals surface area contributed by atoms with Crippen molar-refractivity contribution in [3.63, 3.8) is 0 Å². The van der Waals surface area contributed by atoms with Gasteiger partial charge in [-0.3, -0.25) is 14.0 Å². The number of hydrogen-bond acceptors (Lipinski definition) is 5. The molecule has 0 aliphatic heterocycles. The Bertz CT molecular complexity index is 1320. The average molecular weight is 433 g/mol. The van der Waals surface area contributed by atoms with Gasteiger partial charge in [0, 0.05) is 37.7 Å². The summed E-state index contributed by atoms with van der Waals surface area (Å²) < 4.78 is 3.36. The third-order valence-electron chi connectivity index (χ3n) is 5.69. The number of carbonyl (C=O) groups is 1. The van der Waals surface area contributed by atoms with Gasteiger partial charge < -0.3 is 15.0 Å². The SMILES string of the molecule is CCC(C)(C)CNCc1ccc2nc(CNC(=O)c3cc(=O)n4ccccc4n3)cn2c1. The Morgan fingerprint density at radius 2 is 1.91 bits per heavy atom. The van der Waals surface area contributed by atoms with Crippen molar-refractivity contribution in [1.82, 2.24) is 29.4 Å². The van der Waals surface area contributed by atoms with E-state index in [9.17, 15) is 9.59 Å². The van der Waals surface area contributed by atoms with Crippen LogP contribution in [-0.2, 0) is 13.1 Å². The van der Waals surface area contributed by atoms with Crippen LogP contribution < -0.4 is 16.2 Å². The molecule has 4 rings (SSSR count).